The molecule has 0 aliphatic rings. The molecule has 120 valence electrons. The summed E-state index contributed by atoms with van der Waals surface area (Å²) in [7, 11) is 0. The fraction of sp³-hybridized carbons (Fsp3) is 0.167. The van der Waals surface area contributed by atoms with Crippen molar-refractivity contribution in [1.82, 2.24) is 0 Å². The molecule has 4 rings (SSSR count). The summed E-state index contributed by atoms with van der Waals surface area (Å²) >= 11 is 0. The zero-order valence-electron chi connectivity index (χ0n) is 14.9. The quantitative estimate of drug-likeness (QED) is 0.331. The summed E-state index contributed by atoms with van der Waals surface area (Å²) in [5.74, 6) is 0. The molecule has 0 aliphatic carbocycles. The molecule has 4 aromatic rings. The average Bonchev–Trinajstić information content (AvgIpc) is 2.56. The smallest absolute Gasteiger partial charge is 0.0152 e. The molecule has 0 atom stereocenters. The molecule has 0 heteroatoms. The summed E-state index contributed by atoms with van der Waals surface area (Å²) < 4.78 is 0. The fourth-order valence-corrected chi connectivity index (χ4v) is 3.03. The molecule has 4 aromatic carbocycles. The van der Waals surface area contributed by atoms with Crippen molar-refractivity contribution in [3.8, 4) is 0 Å². The summed E-state index contributed by atoms with van der Waals surface area (Å²) in [6.45, 7) is 8.54. The highest BCUT2D eigenvalue weighted by Crippen LogP contribution is 2.19. The maximum atomic E-state index is 2.24. The first-order valence-electron chi connectivity index (χ1n) is 8.46. The van der Waals surface area contributed by atoms with Crippen molar-refractivity contribution >= 4 is 21.5 Å². The monoisotopic (exact) mass is 312 g/mol. The largest absolute Gasteiger partial charge is 0.0614 e. The second kappa shape index (κ2) is 6.88. The predicted molar refractivity (Wildman–Crippen MR) is 107 cm³/mol. The van der Waals surface area contributed by atoms with Crippen LogP contribution in [0.15, 0.2) is 72.8 Å². The van der Waals surface area contributed by atoms with E-state index in [1.165, 1.54) is 43.8 Å². The molecule has 24 heavy (non-hydrogen) atoms. The van der Waals surface area contributed by atoms with Crippen LogP contribution in [0.1, 0.15) is 22.3 Å². The Labute approximate surface area is 144 Å². The number of rotatable bonds is 0. The van der Waals surface area contributed by atoms with Crippen molar-refractivity contribution in [3.05, 3.63) is 95.1 Å². The maximum absolute atomic E-state index is 2.24. The van der Waals surface area contributed by atoms with E-state index in [1.54, 1.807) is 0 Å². The molecule has 0 aliphatic heterocycles. The Bertz CT molecular complexity index is 956. The van der Waals surface area contributed by atoms with Crippen molar-refractivity contribution < 1.29 is 0 Å². The lowest BCUT2D eigenvalue weighted by Gasteiger charge is -2.01. The highest BCUT2D eigenvalue weighted by molar-refractivity contribution is 5.86. The van der Waals surface area contributed by atoms with E-state index in [1.807, 2.05) is 0 Å². The standard InChI is InChI=1S/2C12H12/c1-9-3-5-11-6-4-10(2)8-12(11)7-9;1-9-6-7-11-5-3-4-10(2)12(11)8-9/h2*3-8H,1-2H3. The third kappa shape index (κ3) is 3.65. The molecule has 0 radical (unpaired) electrons. The summed E-state index contributed by atoms with van der Waals surface area (Å²) in [5, 5.41) is 5.37. The molecule has 0 heterocycles. The molecule has 0 bridgehead atoms. The molecule has 0 saturated carbocycles. The summed E-state index contributed by atoms with van der Waals surface area (Å²) in [5.41, 5.74) is 5.34. The van der Waals surface area contributed by atoms with Gasteiger partial charge in [0, 0.05) is 0 Å². The van der Waals surface area contributed by atoms with Crippen molar-refractivity contribution in [2.24, 2.45) is 0 Å². The van der Waals surface area contributed by atoms with Gasteiger partial charge in [0.15, 0.2) is 0 Å². The summed E-state index contributed by atoms with van der Waals surface area (Å²) in [6, 6.07) is 26.1. The molecule has 0 N–H and O–H groups in total. The maximum Gasteiger partial charge on any atom is -0.0152 e. The minimum Gasteiger partial charge on any atom is -0.0614 e. The van der Waals surface area contributed by atoms with E-state index in [2.05, 4.69) is 100 Å². The van der Waals surface area contributed by atoms with Crippen LogP contribution >= 0.6 is 0 Å². The van der Waals surface area contributed by atoms with E-state index in [9.17, 15) is 0 Å². The highest BCUT2D eigenvalue weighted by atomic mass is 14.0. The molecule has 0 unspecified atom stereocenters. The molecule has 0 fully saturated rings. The van der Waals surface area contributed by atoms with Crippen LogP contribution in [-0.2, 0) is 0 Å². The third-order valence-corrected chi connectivity index (χ3v) is 4.41. The average molecular weight is 312 g/mol. The predicted octanol–water partition coefficient (Wildman–Crippen LogP) is 6.91. The van der Waals surface area contributed by atoms with Crippen molar-refractivity contribution in [3.63, 3.8) is 0 Å². The minimum atomic E-state index is 1.33. The zero-order valence-corrected chi connectivity index (χ0v) is 14.9. The lowest BCUT2D eigenvalue weighted by atomic mass is 10.0. The van der Waals surface area contributed by atoms with Crippen molar-refractivity contribution in [2.75, 3.05) is 0 Å². The van der Waals surface area contributed by atoms with Crippen LogP contribution in [0.3, 0.4) is 0 Å². The molecule has 0 saturated heterocycles. The van der Waals surface area contributed by atoms with Gasteiger partial charge in [0.1, 0.15) is 0 Å². The van der Waals surface area contributed by atoms with Crippen LogP contribution in [-0.4, -0.2) is 0 Å². The van der Waals surface area contributed by atoms with Gasteiger partial charge in [-0.15, -0.1) is 0 Å². The Morgan fingerprint density at radius 1 is 0.458 bits per heavy atom. The van der Waals surface area contributed by atoms with Gasteiger partial charge in [-0.1, -0.05) is 89.5 Å². The van der Waals surface area contributed by atoms with Gasteiger partial charge in [-0.3, -0.25) is 0 Å². The first-order chi connectivity index (χ1) is 11.5. The number of aryl methyl sites for hydroxylation is 4. The molecule has 0 nitrogen and oxygen atoms in total. The Kier molecular flexibility index (Phi) is 4.66. The SMILES string of the molecule is Cc1ccc2ccc(C)cc2c1.Cc1ccc2cccc(C)c2c1. The minimum absolute atomic E-state index is 1.33. The van der Waals surface area contributed by atoms with Crippen LogP contribution in [0.2, 0.25) is 0 Å². The van der Waals surface area contributed by atoms with Gasteiger partial charge in [0.2, 0.25) is 0 Å². The molecular weight excluding hydrogens is 288 g/mol. The van der Waals surface area contributed by atoms with E-state index in [-0.39, 0.29) is 0 Å². The zero-order chi connectivity index (χ0) is 17.1. The van der Waals surface area contributed by atoms with Gasteiger partial charge < -0.3 is 0 Å². The number of fused-ring (bicyclic) bond motifs is 2. The number of benzene rings is 4. The Morgan fingerprint density at radius 3 is 1.62 bits per heavy atom. The summed E-state index contributed by atoms with van der Waals surface area (Å²) in [4.78, 5) is 0. The molecule has 0 aromatic heterocycles. The van der Waals surface area contributed by atoms with Crippen LogP contribution < -0.4 is 0 Å². The molecular formula is C24H24. The Balaban J connectivity index is 0.000000141. The normalized spacial score (nSPS) is 10.5. The Hall–Kier alpha value is -2.60. The van der Waals surface area contributed by atoms with E-state index in [0.29, 0.717) is 0 Å². The lowest BCUT2D eigenvalue weighted by Crippen LogP contribution is -1.78. The van der Waals surface area contributed by atoms with Gasteiger partial charge in [-0.25, -0.2) is 0 Å². The second-order valence-corrected chi connectivity index (χ2v) is 6.65. The van der Waals surface area contributed by atoms with Gasteiger partial charge in [-0.05, 0) is 54.8 Å². The van der Waals surface area contributed by atoms with Crippen LogP contribution in [0.5, 0.6) is 0 Å². The number of hydrogen-bond donors (Lipinski definition) is 0. The van der Waals surface area contributed by atoms with E-state index < -0.39 is 0 Å². The molecule has 0 amide bonds. The van der Waals surface area contributed by atoms with Crippen LogP contribution in [0, 0.1) is 27.7 Å². The van der Waals surface area contributed by atoms with Gasteiger partial charge in [0.25, 0.3) is 0 Å². The van der Waals surface area contributed by atoms with E-state index >= 15 is 0 Å². The fourth-order valence-electron chi connectivity index (χ4n) is 3.03. The Morgan fingerprint density at radius 2 is 1.00 bits per heavy atom. The molecule has 0 spiro atoms. The van der Waals surface area contributed by atoms with Gasteiger partial charge in [-0.2, -0.15) is 0 Å². The lowest BCUT2D eigenvalue weighted by molar-refractivity contribution is 1.47. The van der Waals surface area contributed by atoms with Crippen molar-refractivity contribution in [1.29, 1.82) is 0 Å². The van der Waals surface area contributed by atoms with E-state index in [0.717, 1.165) is 0 Å². The number of hydrogen-bond acceptors (Lipinski definition) is 0. The highest BCUT2D eigenvalue weighted by Gasteiger charge is 1.95. The van der Waals surface area contributed by atoms with Crippen LogP contribution in [0.25, 0.3) is 21.5 Å². The summed E-state index contributed by atoms with van der Waals surface area (Å²) in [6.07, 6.45) is 0. The van der Waals surface area contributed by atoms with E-state index in [4.69, 9.17) is 0 Å². The second-order valence-electron chi connectivity index (χ2n) is 6.65. The first kappa shape index (κ1) is 16.3. The van der Waals surface area contributed by atoms with Crippen molar-refractivity contribution in [2.45, 2.75) is 27.7 Å². The van der Waals surface area contributed by atoms with Gasteiger partial charge in [0.05, 0.1) is 0 Å². The first-order valence-corrected chi connectivity index (χ1v) is 8.46. The van der Waals surface area contributed by atoms with Crippen LogP contribution in [0.4, 0.5) is 0 Å². The third-order valence-electron chi connectivity index (χ3n) is 4.41. The van der Waals surface area contributed by atoms with Gasteiger partial charge >= 0.3 is 0 Å². The topological polar surface area (TPSA) is 0 Å².